The molecule has 2 rings (SSSR count). The summed E-state index contributed by atoms with van der Waals surface area (Å²) in [6.45, 7) is 0. The maximum absolute atomic E-state index is 9.16. The zero-order valence-electron chi connectivity index (χ0n) is 7.36. The second kappa shape index (κ2) is 5.01. The van der Waals surface area contributed by atoms with Gasteiger partial charge in [0.15, 0.2) is 0 Å². The van der Waals surface area contributed by atoms with Crippen LogP contribution in [-0.2, 0) is 8.26 Å². The minimum Gasteiger partial charge on any atom is -0.195 e. The van der Waals surface area contributed by atoms with E-state index in [1.165, 1.54) is 18.4 Å². The van der Waals surface area contributed by atoms with Gasteiger partial charge in [0.1, 0.15) is 0 Å². The molecule has 0 bridgehead atoms. The highest BCUT2D eigenvalue weighted by atomic mass is 36.0. The van der Waals surface area contributed by atoms with Crippen molar-refractivity contribution in [1.82, 2.24) is 0 Å². The van der Waals surface area contributed by atoms with E-state index in [9.17, 15) is 0 Å². The molecule has 5 heteroatoms. The number of rotatable bonds is 1. The maximum Gasteiger partial charge on any atom is 0.317 e. The third-order valence-electron chi connectivity index (χ3n) is 1.85. The average molecular weight is 253 g/mol. The van der Waals surface area contributed by atoms with Crippen LogP contribution in [0, 0.1) is 0 Å². The molecule has 1 aliphatic carbocycles. The lowest BCUT2D eigenvalue weighted by molar-refractivity contribution is 0.621. The lowest BCUT2D eigenvalue weighted by Crippen LogP contribution is -1.73. The third-order valence-corrected chi connectivity index (χ3v) is 1.85. The second-order valence-corrected chi connectivity index (χ2v) is 6.73. The van der Waals surface area contributed by atoms with Gasteiger partial charge in [-0.2, -0.15) is 8.42 Å². The van der Waals surface area contributed by atoms with E-state index < -0.39 is 8.26 Å². The van der Waals surface area contributed by atoms with Gasteiger partial charge in [0.05, 0.1) is 0 Å². The number of hydrogen-bond acceptors (Lipinski definition) is 2. The van der Waals surface area contributed by atoms with E-state index in [0.29, 0.717) is 0 Å². The van der Waals surface area contributed by atoms with Crippen LogP contribution in [0.15, 0.2) is 30.3 Å². The third kappa shape index (κ3) is 6.24. The molecule has 0 radical (unpaired) electrons. The lowest BCUT2D eigenvalue weighted by atomic mass is 10.1. The summed E-state index contributed by atoms with van der Waals surface area (Å²) >= 11 is 0. The molecule has 14 heavy (non-hydrogen) atoms. The van der Waals surface area contributed by atoms with Crippen LogP contribution in [0.3, 0.4) is 0 Å². The Labute approximate surface area is 92.8 Å². The highest BCUT2D eigenvalue weighted by Gasteiger charge is 2.22. The van der Waals surface area contributed by atoms with Crippen molar-refractivity contribution in [1.29, 1.82) is 0 Å². The van der Waals surface area contributed by atoms with Crippen molar-refractivity contribution < 1.29 is 8.42 Å². The first-order chi connectivity index (χ1) is 6.47. The molecule has 1 saturated carbocycles. The van der Waals surface area contributed by atoms with Crippen LogP contribution in [0.5, 0.6) is 0 Å². The molecule has 0 aromatic heterocycles. The Balaban J connectivity index is 0.000000171. The van der Waals surface area contributed by atoms with Crippen molar-refractivity contribution in [2.24, 2.45) is 0 Å². The molecule has 0 unspecified atom stereocenters. The van der Waals surface area contributed by atoms with Gasteiger partial charge in [0.2, 0.25) is 0 Å². The van der Waals surface area contributed by atoms with Crippen LogP contribution >= 0.6 is 21.4 Å². The molecule has 1 aromatic rings. The zero-order valence-corrected chi connectivity index (χ0v) is 9.69. The summed E-state index contributed by atoms with van der Waals surface area (Å²) in [5.41, 5.74) is 1.53. The van der Waals surface area contributed by atoms with Crippen LogP contribution in [-0.4, -0.2) is 8.42 Å². The molecule has 0 spiro atoms. The van der Waals surface area contributed by atoms with E-state index in [0.717, 1.165) is 5.92 Å². The van der Waals surface area contributed by atoms with Gasteiger partial charge in [0.25, 0.3) is 0 Å². The van der Waals surface area contributed by atoms with Crippen molar-refractivity contribution in [3.63, 3.8) is 0 Å². The first-order valence-electron chi connectivity index (χ1n) is 4.16. The standard InChI is InChI=1S/C9H10.Cl2O2S/c1-2-4-8(5-3-1)9-6-7-9;1-5(2,3)4/h1-5,9H,6-7H2;. The number of benzene rings is 1. The second-order valence-electron chi connectivity index (χ2n) is 3.06. The summed E-state index contributed by atoms with van der Waals surface area (Å²) in [7, 11) is 4.81. The Kier molecular flexibility index (Phi) is 4.23. The lowest BCUT2D eigenvalue weighted by Gasteiger charge is -1.92. The Bertz CT molecular complexity index is 363. The minimum absolute atomic E-state index is 0.909. The molecule has 1 aliphatic rings. The Morgan fingerprint density at radius 2 is 1.50 bits per heavy atom. The molecule has 78 valence electrons. The van der Waals surface area contributed by atoms with Crippen molar-refractivity contribution in [2.75, 3.05) is 0 Å². The van der Waals surface area contributed by atoms with E-state index >= 15 is 0 Å². The molecule has 2 nitrogen and oxygen atoms in total. The van der Waals surface area contributed by atoms with Crippen LogP contribution in [0.2, 0.25) is 0 Å². The van der Waals surface area contributed by atoms with Crippen molar-refractivity contribution in [3.8, 4) is 0 Å². The average Bonchev–Trinajstić information content (AvgIpc) is 2.85. The summed E-state index contributed by atoms with van der Waals surface area (Å²) in [4.78, 5) is 0. The van der Waals surface area contributed by atoms with Gasteiger partial charge in [-0.25, -0.2) is 0 Å². The van der Waals surface area contributed by atoms with Gasteiger partial charge in [-0.05, 0) is 24.3 Å². The van der Waals surface area contributed by atoms with Gasteiger partial charge in [-0.1, -0.05) is 30.3 Å². The maximum atomic E-state index is 9.16. The molecule has 1 fully saturated rings. The summed E-state index contributed by atoms with van der Waals surface area (Å²) in [5.74, 6) is 0.909. The van der Waals surface area contributed by atoms with E-state index in [-0.39, 0.29) is 0 Å². The number of hydrogen-bond donors (Lipinski definition) is 0. The van der Waals surface area contributed by atoms with E-state index in [2.05, 4.69) is 51.7 Å². The van der Waals surface area contributed by atoms with Crippen molar-refractivity contribution in [3.05, 3.63) is 35.9 Å². The van der Waals surface area contributed by atoms with Gasteiger partial charge in [-0.3, -0.25) is 0 Å². The zero-order chi connectivity index (χ0) is 10.6. The SMILES string of the molecule is O=S(=O)(Cl)Cl.c1ccc(C2CC2)cc1. The topological polar surface area (TPSA) is 34.1 Å². The Morgan fingerprint density at radius 3 is 1.86 bits per heavy atom. The first kappa shape index (κ1) is 11.8. The van der Waals surface area contributed by atoms with E-state index in [4.69, 9.17) is 8.42 Å². The van der Waals surface area contributed by atoms with Crippen molar-refractivity contribution >= 4 is 29.6 Å². The fourth-order valence-corrected chi connectivity index (χ4v) is 1.14. The van der Waals surface area contributed by atoms with Crippen molar-refractivity contribution in [2.45, 2.75) is 18.8 Å². The summed E-state index contributed by atoms with van der Waals surface area (Å²) in [6.07, 6.45) is 2.81. The van der Waals surface area contributed by atoms with Crippen LogP contribution < -0.4 is 0 Å². The molecule has 0 N–H and O–H groups in total. The largest absolute Gasteiger partial charge is 0.317 e. The normalized spacial score (nSPS) is 15.6. The Hall–Kier alpha value is -0.250. The predicted molar refractivity (Wildman–Crippen MR) is 59.0 cm³/mol. The molecule has 0 atom stereocenters. The van der Waals surface area contributed by atoms with E-state index in [1.807, 2.05) is 0 Å². The Morgan fingerprint density at radius 1 is 1.07 bits per heavy atom. The van der Waals surface area contributed by atoms with Gasteiger partial charge < -0.3 is 0 Å². The van der Waals surface area contributed by atoms with Gasteiger partial charge >= 0.3 is 8.26 Å². The fraction of sp³-hybridized carbons (Fsp3) is 0.333. The molecule has 0 heterocycles. The molecule has 0 saturated heterocycles. The molecular weight excluding hydrogens is 243 g/mol. The fourth-order valence-electron chi connectivity index (χ4n) is 1.14. The van der Waals surface area contributed by atoms with Gasteiger partial charge in [-0.15, -0.1) is 0 Å². The molecule has 0 amide bonds. The molecular formula is C9H10Cl2O2S. The highest BCUT2D eigenvalue weighted by molar-refractivity contribution is 8.31. The highest BCUT2D eigenvalue weighted by Crippen LogP contribution is 2.39. The van der Waals surface area contributed by atoms with E-state index in [1.54, 1.807) is 0 Å². The first-order valence-corrected chi connectivity index (χ1v) is 7.29. The quantitative estimate of drug-likeness (QED) is 0.720. The number of halogens is 2. The van der Waals surface area contributed by atoms with Crippen LogP contribution in [0.4, 0.5) is 0 Å². The predicted octanol–water partition coefficient (Wildman–Crippen LogP) is 3.27. The monoisotopic (exact) mass is 252 g/mol. The van der Waals surface area contributed by atoms with Crippen LogP contribution in [0.1, 0.15) is 24.3 Å². The molecule has 0 aliphatic heterocycles. The van der Waals surface area contributed by atoms with Gasteiger partial charge in [0, 0.05) is 21.4 Å². The van der Waals surface area contributed by atoms with Crippen LogP contribution in [0.25, 0.3) is 0 Å². The summed E-state index contributed by atoms with van der Waals surface area (Å²) < 4.78 is 18.3. The molecule has 1 aromatic carbocycles. The smallest absolute Gasteiger partial charge is 0.195 e. The summed E-state index contributed by atoms with van der Waals surface area (Å²) in [6, 6.07) is 10.8. The minimum atomic E-state index is -3.72. The summed E-state index contributed by atoms with van der Waals surface area (Å²) in [5, 5.41) is 0.